The smallest absolute Gasteiger partial charge is 0.244 e. The fourth-order valence-corrected chi connectivity index (χ4v) is 1.55. The van der Waals surface area contributed by atoms with Crippen LogP contribution in [-0.4, -0.2) is 51.3 Å². The van der Waals surface area contributed by atoms with Crippen molar-refractivity contribution >= 4 is 11.8 Å². The minimum absolute atomic E-state index is 0.0558. The van der Waals surface area contributed by atoms with Crippen LogP contribution in [0.15, 0.2) is 6.20 Å². The minimum Gasteiger partial charge on any atom is -0.355 e. The topological polar surface area (TPSA) is 106 Å². The highest BCUT2D eigenvalue weighted by atomic mass is 16.2. The maximum atomic E-state index is 12.0. The second kappa shape index (κ2) is 7.47. The lowest BCUT2D eigenvalue weighted by atomic mass is 10.4. The predicted molar refractivity (Wildman–Crippen MR) is 68.9 cm³/mol. The molecule has 0 aliphatic carbocycles. The Hall–Kier alpha value is -1.96. The van der Waals surface area contributed by atoms with E-state index in [2.05, 4.69) is 15.6 Å². The first-order chi connectivity index (χ1) is 9.10. The van der Waals surface area contributed by atoms with Crippen molar-refractivity contribution in [2.24, 2.45) is 5.73 Å². The van der Waals surface area contributed by atoms with Crippen molar-refractivity contribution in [3.63, 3.8) is 0 Å². The second-order valence-corrected chi connectivity index (χ2v) is 3.97. The lowest BCUT2D eigenvalue weighted by molar-refractivity contribution is -0.136. The van der Waals surface area contributed by atoms with Gasteiger partial charge in [-0.2, -0.15) is 0 Å². The number of likely N-dealkylation sites (N-methyl/N-ethyl adjacent to an activating group) is 2. The average molecular weight is 268 g/mol. The summed E-state index contributed by atoms with van der Waals surface area (Å²) in [5.74, 6) is -0.346. The number of nitrogens with zero attached hydrogens (tertiary/aromatic N) is 4. The number of hydrogen-bond donors (Lipinski definition) is 2. The van der Waals surface area contributed by atoms with Gasteiger partial charge in [0, 0.05) is 19.6 Å². The number of aromatic nitrogens is 3. The van der Waals surface area contributed by atoms with Gasteiger partial charge < -0.3 is 16.0 Å². The second-order valence-electron chi connectivity index (χ2n) is 3.97. The molecule has 0 radical (unpaired) electrons. The number of carbonyl (C=O) groups excluding carboxylic acids is 2. The van der Waals surface area contributed by atoms with Crippen LogP contribution in [0.1, 0.15) is 19.5 Å². The Kier molecular flexibility index (Phi) is 5.94. The molecule has 106 valence electrons. The number of carbonyl (C=O) groups is 2. The van der Waals surface area contributed by atoms with Crippen LogP contribution >= 0.6 is 0 Å². The van der Waals surface area contributed by atoms with Gasteiger partial charge in [-0.25, -0.2) is 4.68 Å². The first-order valence-electron chi connectivity index (χ1n) is 6.24. The molecule has 3 N–H and O–H groups in total. The molecule has 1 aromatic rings. The Labute approximate surface area is 111 Å². The van der Waals surface area contributed by atoms with Gasteiger partial charge in [0.05, 0.1) is 18.4 Å². The molecule has 8 heteroatoms. The molecular formula is C11H20N6O2. The molecular weight excluding hydrogens is 248 g/mol. The highest BCUT2D eigenvalue weighted by molar-refractivity contribution is 5.84. The summed E-state index contributed by atoms with van der Waals surface area (Å²) >= 11 is 0. The Morgan fingerprint density at radius 2 is 2.21 bits per heavy atom. The summed E-state index contributed by atoms with van der Waals surface area (Å²) in [6.07, 6.45) is 1.62. The average Bonchev–Trinajstić information content (AvgIpc) is 2.83. The summed E-state index contributed by atoms with van der Waals surface area (Å²) in [4.78, 5) is 24.9. The molecule has 2 amide bonds. The van der Waals surface area contributed by atoms with Gasteiger partial charge in [0.25, 0.3) is 0 Å². The molecule has 0 aliphatic heterocycles. The van der Waals surface area contributed by atoms with Crippen LogP contribution in [0.25, 0.3) is 0 Å². The van der Waals surface area contributed by atoms with Gasteiger partial charge >= 0.3 is 0 Å². The van der Waals surface area contributed by atoms with Gasteiger partial charge in [-0.3, -0.25) is 9.59 Å². The third-order valence-corrected chi connectivity index (χ3v) is 2.54. The molecule has 1 rings (SSSR count). The number of amides is 2. The van der Waals surface area contributed by atoms with Crippen LogP contribution in [0.5, 0.6) is 0 Å². The third-order valence-electron chi connectivity index (χ3n) is 2.54. The number of nitrogens with one attached hydrogen (secondary N) is 1. The SMILES string of the molecule is CCNC(=O)CN(CC)C(=O)Cn1cc(CN)nn1. The summed E-state index contributed by atoms with van der Waals surface area (Å²) in [5, 5.41) is 10.3. The standard InChI is InChI=1S/C11H20N6O2/c1-3-13-10(18)7-16(4-2)11(19)8-17-6-9(5-12)14-15-17/h6H,3-5,7-8,12H2,1-2H3,(H,13,18). The maximum Gasteiger partial charge on any atom is 0.244 e. The van der Waals surface area contributed by atoms with Crippen molar-refractivity contribution in [2.45, 2.75) is 26.9 Å². The molecule has 8 nitrogen and oxygen atoms in total. The van der Waals surface area contributed by atoms with E-state index in [-0.39, 0.29) is 31.4 Å². The minimum atomic E-state index is -0.178. The molecule has 0 atom stereocenters. The molecule has 19 heavy (non-hydrogen) atoms. The number of rotatable bonds is 7. The summed E-state index contributed by atoms with van der Waals surface area (Å²) < 4.78 is 1.42. The van der Waals surface area contributed by atoms with E-state index in [0.29, 0.717) is 18.8 Å². The molecule has 0 spiro atoms. The molecule has 0 unspecified atom stereocenters. The highest BCUT2D eigenvalue weighted by Crippen LogP contribution is 1.96. The first-order valence-corrected chi connectivity index (χ1v) is 6.24. The molecule has 0 aliphatic rings. The lowest BCUT2D eigenvalue weighted by Crippen LogP contribution is -2.42. The van der Waals surface area contributed by atoms with Crippen molar-refractivity contribution in [1.82, 2.24) is 25.2 Å². The van der Waals surface area contributed by atoms with Gasteiger partial charge in [-0.1, -0.05) is 5.21 Å². The zero-order chi connectivity index (χ0) is 14.3. The summed E-state index contributed by atoms with van der Waals surface area (Å²) in [6, 6.07) is 0. The normalized spacial score (nSPS) is 10.3. The van der Waals surface area contributed by atoms with Gasteiger partial charge in [0.2, 0.25) is 11.8 Å². The fraction of sp³-hybridized carbons (Fsp3) is 0.636. The summed E-state index contributed by atoms with van der Waals surface area (Å²) in [7, 11) is 0. The van der Waals surface area contributed by atoms with Crippen molar-refractivity contribution < 1.29 is 9.59 Å². The molecule has 0 aromatic carbocycles. The predicted octanol–water partition coefficient (Wildman–Crippen LogP) is -1.28. The first kappa shape index (κ1) is 15.1. The van der Waals surface area contributed by atoms with Gasteiger partial charge in [-0.15, -0.1) is 5.10 Å². The summed E-state index contributed by atoms with van der Waals surface area (Å²) in [6.45, 7) is 5.07. The van der Waals surface area contributed by atoms with E-state index in [4.69, 9.17) is 5.73 Å². The van der Waals surface area contributed by atoms with Crippen molar-refractivity contribution in [3.05, 3.63) is 11.9 Å². The van der Waals surface area contributed by atoms with Crippen LogP contribution in [0.4, 0.5) is 0 Å². The molecule has 1 aromatic heterocycles. The molecule has 1 heterocycles. The van der Waals surface area contributed by atoms with Gasteiger partial charge in [0.1, 0.15) is 6.54 Å². The molecule has 0 fully saturated rings. The van der Waals surface area contributed by atoms with Crippen LogP contribution in [0, 0.1) is 0 Å². The quantitative estimate of drug-likeness (QED) is 0.640. The van der Waals surface area contributed by atoms with Crippen LogP contribution in [0.3, 0.4) is 0 Å². The lowest BCUT2D eigenvalue weighted by Gasteiger charge is -2.19. The third kappa shape index (κ3) is 4.66. The van der Waals surface area contributed by atoms with Crippen LogP contribution in [-0.2, 0) is 22.7 Å². The highest BCUT2D eigenvalue weighted by Gasteiger charge is 2.16. The summed E-state index contributed by atoms with van der Waals surface area (Å²) in [5.41, 5.74) is 6.04. The van der Waals surface area contributed by atoms with E-state index in [9.17, 15) is 9.59 Å². The van der Waals surface area contributed by atoms with Crippen molar-refractivity contribution in [3.8, 4) is 0 Å². The van der Waals surface area contributed by atoms with Crippen molar-refractivity contribution in [1.29, 1.82) is 0 Å². The Morgan fingerprint density at radius 1 is 1.47 bits per heavy atom. The Bertz CT molecular complexity index is 431. The van der Waals surface area contributed by atoms with E-state index >= 15 is 0 Å². The van der Waals surface area contributed by atoms with Crippen LogP contribution in [0.2, 0.25) is 0 Å². The largest absolute Gasteiger partial charge is 0.355 e. The zero-order valence-electron chi connectivity index (χ0n) is 11.3. The molecule has 0 saturated heterocycles. The van der Waals surface area contributed by atoms with E-state index in [0.717, 1.165) is 0 Å². The molecule has 0 saturated carbocycles. The number of hydrogen-bond acceptors (Lipinski definition) is 5. The van der Waals surface area contributed by atoms with Gasteiger partial charge in [-0.05, 0) is 13.8 Å². The van der Waals surface area contributed by atoms with E-state index in [1.54, 1.807) is 6.20 Å². The maximum absolute atomic E-state index is 12.0. The fourth-order valence-electron chi connectivity index (χ4n) is 1.55. The molecule has 0 bridgehead atoms. The zero-order valence-corrected chi connectivity index (χ0v) is 11.3. The Morgan fingerprint density at radius 3 is 2.74 bits per heavy atom. The number of nitrogens with two attached hydrogens (primary N) is 1. The monoisotopic (exact) mass is 268 g/mol. The van der Waals surface area contributed by atoms with E-state index in [1.807, 2.05) is 13.8 Å². The van der Waals surface area contributed by atoms with Crippen LogP contribution < -0.4 is 11.1 Å². The van der Waals surface area contributed by atoms with E-state index < -0.39 is 0 Å². The Balaban J connectivity index is 2.55. The van der Waals surface area contributed by atoms with Crippen molar-refractivity contribution in [2.75, 3.05) is 19.6 Å². The van der Waals surface area contributed by atoms with Gasteiger partial charge in [0.15, 0.2) is 0 Å². The van der Waals surface area contributed by atoms with E-state index in [1.165, 1.54) is 9.58 Å².